The van der Waals surface area contributed by atoms with Gasteiger partial charge < -0.3 is 4.90 Å². The molecule has 136 valence electrons. The summed E-state index contributed by atoms with van der Waals surface area (Å²) in [5, 5.41) is 0. The second-order valence-corrected chi connectivity index (χ2v) is 8.82. The Bertz CT molecular complexity index is 811. The minimum absolute atomic E-state index is 0.118. The van der Waals surface area contributed by atoms with Gasteiger partial charge in [-0.05, 0) is 42.7 Å². The summed E-state index contributed by atoms with van der Waals surface area (Å²) in [4.78, 5) is 14.5. The molecule has 2 aromatic rings. The summed E-state index contributed by atoms with van der Waals surface area (Å²) in [5.74, 6) is -0.118. The predicted octanol–water partition coefficient (Wildman–Crippen LogP) is 3.20. The summed E-state index contributed by atoms with van der Waals surface area (Å²) >= 11 is 1.27. The molecule has 0 aliphatic rings. The fraction of sp³-hybridized carbons (Fsp3) is 0.389. The van der Waals surface area contributed by atoms with E-state index in [1.54, 1.807) is 11.0 Å². The van der Waals surface area contributed by atoms with E-state index in [0.29, 0.717) is 4.21 Å². The lowest BCUT2D eigenvalue weighted by Gasteiger charge is -2.21. The number of sulfonamides is 1. The molecule has 0 saturated heterocycles. The van der Waals surface area contributed by atoms with Crippen LogP contribution in [0.25, 0.3) is 0 Å². The van der Waals surface area contributed by atoms with Crippen LogP contribution in [0.1, 0.15) is 31.2 Å². The first-order valence-electron chi connectivity index (χ1n) is 8.32. The summed E-state index contributed by atoms with van der Waals surface area (Å²) in [5.41, 5.74) is 1.96. The summed E-state index contributed by atoms with van der Waals surface area (Å²) in [6.07, 6.45) is 1.74. The van der Waals surface area contributed by atoms with Crippen LogP contribution in [0.5, 0.6) is 0 Å². The Balaban J connectivity index is 2.02. The molecule has 0 fully saturated rings. The van der Waals surface area contributed by atoms with Gasteiger partial charge in [0.2, 0.25) is 15.9 Å². The number of aryl methyl sites for hydroxylation is 2. The predicted molar refractivity (Wildman–Crippen MR) is 103 cm³/mol. The second kappa shape index (κ2) is 8.60. The molecule has 0 aliphatic heterocycles. The molecule has 0 atom stereocenters. The molecule has 2 rings (SSSR count). The van der Waals surface area contributed by atoms with Gasteiger partial charge >= 0.3 is 0 Å². The number of nitrogens with zero attached hydrogens (tertiary/aromatic N) is 1. The molecule has 25 heavy (non-hydrogen) atoms. The molecule has 1 heterocycles. The lowest BCUT2D eigenvalue weighted by molar-refractivity contribution is -0.116. The van der Waals surface area contributed by atoms with Gasteiger partial charge in [0, 0.05) is 30.6 Å². The number of carbonyl (C=O) groups is 1. The molecule has 1 amide bonds. The highest BCUT2D eigenvalue weighted by atomic mass is 32.2. The molecule has 0 aliphatic carbocycles. The fourth-order valence-corrected chi connectivity index (χ4v) is 4.80. The number of amides is 1. The van der Waals surface area contributed by atoms with Crippen molar-refractivity contribution in [3.05, 3.63) is 46.8 Å². The molecule has 1 aromatic heterocycles. The number of anilines is 1. The maximum absolute atomic E-state index is 12.3. The minimum atomic E-state index is -3.53. The van der Waals surface area contributed by atoms with E-state index in [2.05, 4.69) is 11.6 Å². The smallest absolute Gasteiger partial charge is 0.250 e. The van der Waals surface area contributed by atoms with E-state index in [4.69, 9.17) is 0 Å². The topological polar surface area (TPSA) is 66.5 Å². The van der Waals surface area contributed by atoms with Gasteiger partial charge in [0.15, 0.2) is 0 Å². The zero-order valence-electron chi connectivity index (χ0n) is 14.8. The van der Waals surface area contributed by atoms with Gasteiger partial charge in [-0.3, -0.25) is 4.79 Å². The van der Waals surface area contributed by atoms with Crippen molar-refractivity contribution >= 4 is 33.0 Å². The van der Waals surface area contributed by atoms with E-state index in [-0.39, 0.29) is 19.0 Å². The summed E-state index contributed by atoms with van der Waals surface area (Å²) in [7, 11) is -3.53. The summed E-state index contributed by atoms with van der Waals surface area (Å²) < 4.78 is 27.5. The Labute approximate surface area is 153 Å². The first-order chi connectivity index (χ1) is 11.9. The van der Waals surface area contributed by atoms with Crippen molar-refractivity contribution in [3.63, 3.8) is 0 Å². The Morgan fingerprint density at radius 2 is 1.76 bits per heavy atom. The highest BCUT2D eigenvalue weighted by Crippen LogP contribution is 2.21. The van der Waals surface area contributed by atoms with Gasteiger partial charge in [-0.15, -0.1) is 11.3 Å². The maximum atomic E-state index is 12.3. The van der Waals surface area contributed by atoms with Gasteiger partial charge in [-0.25, -0.2) is 13.1 Å². The average Bonchev–Trinajstić information content (AvgIpc) is 3.09. The van der Waals surface area contributed by atoms with E-state index in [1.165, 1.54) is 23.8 Å². The van der Waals surface area contributed by atoms with Crippen molar-refractivity contribution < 1.29 is 13.2 Å². The highest BCUT2D eigenvalue weighted by Gasteiger charge is 2.18. The number of thiophene rings is 1. The summed E-state index contributed by atoms with van der Waals surface area (Å²) in [6.45, 7) is 5.99. The molecule has 1 N–H and O–H groups in total. The van der Waals surface area contributed by atoms with Crippen LogP contribution in [0, 0.1) is 0 Å². The minimum Gasteiger partial charge on any atom is -0.311 e. The first-order valence-corrected chi connectivity index (χ1v) is 10.6. The highest BCUT2D eigenvalue weighted by molar-refractivity contribution is 7.91. The van der Waals surface area contributed by atoms with Gasteiger partial charge in [0.25, 0.3) is 0 Å². The Kier molecular flexibility index (Phi) is 6.75. The molecule has 0 saturated carbocycles. The van der Waals surface area contributed by atoms with Gasteiger partial charge in [0.1, 0.15) is 4.21 Å². The third kappa shape index (κ3) is 5.14. The Hall–Kier alpha value is -1.70. The molecule has 0 bridgehead atoms. The van der Waals surface area contributed by atoms with Crippen molar-refractivity contribution in [2.75, 3.05) is 18.0 Å². The summed E-state index contributed by atoms with van der Waals surface area (Å²) in [6, 6.07) is 11.2. The van der Waals surface area contributed by atoms with E-state index in [0.717, 1.165) is 23.4 Å². The molecule has 0 unspecified atom stereocenters. The van der Waals surface area contributed by atoms with Gasteiger partial charge in [0.05, 0.1) is 0 Å². The lowest BCUT2D eigenvalue weighted by Crippen LogP contribution is -2.37. The Morgan fingerprint density at radius 3 is 2.28 bits per heavy atom. The zero-order valence-corrected chi connectivity index (χ0v) is 16.4. The number of nitrogens with one attached hydrogen (secondary N) is 1. The molecule has 0 radical (unpaired) electrons. The van der Waals surface area contributed by atoms with Crippen LogP contribution in [0.15, 0.2) is 40.6 Å². The van der Waals surface area contributed by atoms with Crippen LogP contribution in [0.2, 0.25) is 0 Å². The normalized spacial score (nSPS) is 11.5. The quantitative estimate of drug-likeness (QED) is 0.765. The maximum Gasteiger partial charge on any atom is 0.250 e. The monoisotopic (exact) mass is 380 g/mol. The number of benzene rings is 1. The first kappa shape index (κ1) is 19.6. The van der Waals surface area contributed by atoms with E-state index < -0.39 is 10.0 Å². The standard InChI is InChI=1S/C18H24N2O3S2/c1-4-15-6-8-16(9-7-15)20(14(3)21)13-12-19-25(22,23)18-11-10-17(5-2)24-18/h6-11,19H,4-5,12-13H2,1-3H3. The number of carbonyl (C=O) groups excluding carboxylic acids is 1. The van der Waals surface area contributed by atoms with Crippen molar-refractivity contribution in [2.45, 2.75) is 37.8 Å². The fourth-order valence-electron chi connectivity index (χ4n) is 2.44. The van der Waals surface area contributed by atoms with Crippen molar-refractivity contribution in [1.29, 1.82) is 0 Å². The number of hydrogen-bond acceptors (Lipinski definition) is 4. The molecule has 5 nitrogen and oxygen atoms in total. The molecule has 1 aromatic carbocycles. The van der Waals surface area contributed by atoms with Gasteiger partial charge in [-0.2, -0.15) is 0 Å². The third-order valence-electron chi connectivity index (χ3n) is 3.91. The van der Waals surface area contributed by atoms with Crippen molar-refractivity contribution in [2.24, 2.45) is 0 Å². The van der Waals surface area contributed by atoms with E-state index in [9.17, 15) is 13.2 Å². The lowest BCUT2D eigenvalue weighted by atomic mass is 10.1. The van der Waals surface area contributed by atoms with Crippen LogP contribution in [-0.4, -0.2) is 27.4 Å². The van der Waals surface area contributed by atoms with E-state index >= 15 is 0 Å². The van der Waals surface area contributed by atoms with E-state index in [1.807, 2.05) is 37.3 Å². The van der Waals surface area contributed by atoms with Crippen LogP contribution in [0.3, 0.4) is 0 Å². The Morgan fingerprint density at radius 1 is 1.08 bits per heavy atom. The molecule has 0 spiro atoms. The van der Waals surface area contributed by atoms with Crippen LogP contribution >= 0.6 is 11.3 Å². The second-order valence-electron chi connectivity index (χ2n) is 5.66. The SMILES string of the molecule is CCc1ccc(N(CCNS(=O)(=O)c2ccc(CC)s2)C(C)=O)cc1. The molecular weight excluding hydrogens is 356 g/mol. The zero-order chi connectivity index (χ0) is 18.4. The third-order valence-corrected chi connectivity index (χ3v) is 7.10. The van der Waals surface area contributed by atoms with Crippen molar-refractivity contribution in [3.8, 4) is 0 Å². The van der Waals surface area contributed by atoms with Crippen LogP contribution < -0.4 is 9.62 Å². The van der Waals surface area contributed by atoms with Crippen LogP contribution in [-0.2, 0) is 27.7 Å². The van der Waals surface area contributed by atoms with Gasteiger partial charge in [-0.1, -0.05) is 26.0 Å². The number of hydrogen-bond donors (Lipinski definition) is 1. The van der Waals surface area contributed by atoms with Crippen LogP contribution in [0.4, 0.5) is 5.69 Å². The average molecular weight is 381 g/mol. The van der Waals surface area contributed by atoms with Crippen molar-refractivity contribution in [1.82, 2.24) is 4.72 Å². The number of rotatable bonds is 8. The molecular formula is C18H24N2O3S2. The largest absolute Gasteiger partial charge is 0.311 e. The molecule has 7 heteroatoms.